The summed E-state index contributed by atoms with van der Waals surface area (Å²) in [6, 6.07) is 5.82. The number of benzene rings is 1. The van der Waals surface area contributed by atoms with Crippen molar-refractivity contribution in [3.63, 3.8) is 0 Å². The van der Waals surface area contributed by atoms with Gasteiger partial charge in [0, 0.05) is 31.2 Å². The molecular weight excluding hydrogens is 316 g/mol. The molecule has 1 saturated heterocycles. The second-order valence-electron chi connectivity index (χ2n) is 7.67. The van der Waals surface area contributed by atoms with Gasteiger partial charge in [-0.15, -0.1) is 0 Å². The van der Waals surface area contributed by atoms with E-state index in [9.17, 15) is 4.79 Å². The van der Waals surface area contributed by atoms with Crippen LogP contribution in [-0.4, -0.2) is 49.7 Å². The van der Waals surface area contributed by atoms with Crippen molar-refractivity contribution < 1.29 is 14.3 Å². The molecule has 0 atom stereocenters. The molecule has 0 radical (unpaired) electrons. The van der Waals surface area contributed by atoms with Gasteiger partial charge in [-0.1, -0.05) is 0 Å². The maximum absolute atomic E-state index is 12.3. The summed E-state index contributed by atoms with van der Waals surface area (Å²) in [4.78, 5) is 14.8. The predicted octanol–water partition coefficient (Wildman–Crippen LogP) is 2.84. The molecule has 5 nitrogen and oxygen atoms in total. The number of methoxy groups -OCH3 is 1. The molecule has 25 heavy (non-hydrogen) atoms. The first-order valence-corrected chi connectivity index (χ1v) is 9.59. The fourth-order valence-corrected chi connectivity index (χ4v) is 3.46. The second-order valence-corrected chi connectivity index (χ2v) is 7.67. The molecule has 1 N–H and O–H groups in total. The molecule has 2 saturated carbocycles. The van der Waals surface area contributed by atoms with Crippen LogP contribution in [0.25, 0.3) is 0 Å². The van der Waals surface area contributed by atoms with Crippen LogP contribution in [0.1, 0.15) is 48.9 Å². The van der Waals surface area contributed by atoms with E-state index in [-0.39, 0.29) is 12.0 Å². The van der Waals surface area contributed by atoms with Crippen LogP contribution in [0.2, 0.25) is 0 Å². The summed E-state index contributed by atoms with van der Waals surface area (Å²) in [6.45, 7) is 3.46. The smallest absolute Gasteiger partial charge is 0.251 e. The van der Waals surface area contributed by atoms with Crippen molar-refractivity contribution >= 4 is 5.91 Å². The Bertz CT molecular complexity index is 617. The van der Waals surface area contributed by atoms with Crippen molar-refractivity contribution in [3.8, 4) is 11.5 Å². The molecule has 4 rings (SSSR count). The van der Waals surface area contributed by atoms with E-state index < -0.39 is 0 Å². The minimum absolute atomic E-state index is 0.0192. The fraction of sp³-hybridized carbons (Fsp3) is 0.650. The molecule has 5 heteroatoms. The van der Waals surface area contributed by atoms with Gasteiger partial charge in [0.1, 0.15) is 6.10 Å². The summed E-state index contributed by atoms with van der Waals surface area (Å²) < 4.78 is 11.7. The molecular formula is C20H28N2O3. The zero-order chi connectivity index (χ0) is 17.2. The van der Waals surface area contributed by atoms with Crippen molar-refractivity contribution in [2.45, 2.75) is 50.7 Å². The lowest BCUT2D eigenvalue weighted by Crippen LogP contribution is -2.39. The molecule has 3 fully saturated rings. The van der Waals surface area contributed by atoms with E-state index in [2.05, 4.69) is 10.2 Å². The third-order valence-electron chi connectivity index (χ3n) is 5.38. The van der Waals surface area contributed by atoms with Gasteiger partial charge in [0.25, 0.3) is 5.91 Å². The standard InChI is InChI=1S/C20H28N2O3/c1-24-18-7-4-15(20(23)21-16-5-6-16)12-19(18)25-17-8-10-22(11-9-17)13-14-2-3-14/h4,7,12,14,16-17H,2-3,5-6,8-11,13H2,1H3,(H,21,23). The summed E-state index contributed by atoms with van der Waals surface area (Å²) in [6.07, 6.45) is 7.26. The molecule has 0 unspecified atom stereocenters. The molecule has 0 bridgehead atoms. The maximum atomic E-state index is 12.3. The Morgan fingerprint density at radius 2 is 1.88 bits per heavy atom. The van der Waals surface area contributed by atoms with Crippen molar-refractivity contribution in [1.29, 1.82) is 0 Å². The van der Waals surface area contributed by atoms with E-state index in [0.717, 1.165) is 44.7 Å². The minimum atomic E-state index is -0.0192. The predicted molar refractivity (Wildman–Crippen MR) is 96.3 cm³/mol. The Morgan fingerprint density at radius 3 is 2.52 bits per heavy atom. The molecule has 1 heterocycles. The van der Waals surface area contributed by atoms with Crippen LogP contribution in [-0.2, 0) is 0 Å². The molecule has 0 spiro atoms. The highest BCUT2D eigenvalue weighted by Crippen LogP contribution is 2.33. The summed E-state index contributed by atoms with van der Waals surface area (Å²) in [7, 11) is 1.64. The Kier molecular flexibility index (Phi) is 4.84. The van der Waals surface area contributed by atoms with Gasteiger partial charge in [-0.3, -0.25) is 4.79 Å². The van der Waals surface area contributed by atoms with Crippen LogP contribution in [0, 0.1) is 5.92 Å². The lowest BCUT2D eigenvalue weighted by atomic mass is 10.1. The second kappa shape index (κ2) is 7.24. The number of carbonyl (C=O) groups is 1. The van der Waals surface area contributed by atoms with Crippen LogP contribution >= 0.6 is 0 Å². The Balaban J connectivity index is 1.37. The highest BCUT2D eigenvalue weighted by atomic mass is 16.5. The number of likely N-dealkylation sites (tertiary alicyclic amines) is 1. The Hall–Kier alpha value is -1.75. The van der Waals surface area contributed by atoms with Crippen molar-refractivity contribution in [3.05, 3.63) is 23.8 Å². The largest absolute Gasteiger partial charge is 0.493 e. The Morgan fingerprint density at radius 1 is 1.12 bits per heavy atom. The van der Waals surface area contributed by atoms with E-state index in [1.165, 1.54) is 19.4 Å². The van der Waals surface area contributed by atoms with Gasteiger partial charge in [-0.2, -0.15) is 0 Å². The number of carbonyl (C=O) groups excluding carboxylic acids is 1. The van der Waals surface area contributed by atoms with Crippen molar-refractivity contribution in [2.75, 3.05) is 26.7 Å². The highest BCUT2D eigenvalue weighted by Gasteiger charge is 2.28. The van der Waals surface area contributed by atoms with Gasteiger partial charge in [-0.05, 0) is 62.6 Å². The third kappa shape index (κ3) is 4.46. The monoisotopic (exact) mass is 344 g/mol. The molecule has 1 aromatic rings. The minimum Gasteiger partial charge on any atom is -0.493 e. The Labute approximate surface area is 149 Å². The first-order chi connectivity index (χ1) is 12.2. The molecule has 1 amide bonds. The molecule has 2 aliphatic carbocycles. The number of amides is 1. The number of ether oxygens (including phenoxy) is 2. The highest BCUT2D eigenvalue weighted by molar-refractivity contribution is 5.95. The lowest BCUT2D eigenvalue weighted by Gasteiger charge is -2.32. The first kappa shape index (κ1) is 16.7. The van der Waals surface area contributed by atoms with Gasteiger partial charge in [-0.25, -0.2) is 0 Å². The number of hydrogen-bond donors (Lipinski definition) is 1. The quantitative estimate of drug-likeness (QED) is 0.826. The van der Waals surface area contributed by atoms with Crippen LogP contribution in [0.3, 0.4) is 0 Å². The average molecular weight is 344 g/mol. The van der Waals surface area contributed by atoms with E-state index in [0.29, 0.717) is 23.1 Å². The van der Waals surface area contributed by atoms with Crippen LogP contribution in [0.4, 0.5) is 0 Å². The number of rotatable bonds is 7. The van der Waals surface area contributed by atoms with Gasteiger partial charge in [0.05, 0.1) is 7.11 Å². The van der Waals surface area contributed by atoms with E-state index in [1.807, 2.05) is 18.2 Å². The molecule has 0 aromatic heterocycles. The fourth-order valence-electron chi connectivity index (χ4n) is 3.46. The number of nitrogens with one attached hydrogen (secondary N) is 1. The van der Waals surface area contributed by atoms with E-state index in [4.69, 9.17) is 9.47 Å². The van der Waals surface area contributed by atoms with Crippen LogP contribution in [0.5, 0.6) is 11.5 Å². The van der Waals surface area contributed by atoms with Crippen molar-refractivity contribution in [1.82, 2.24) is 10.2 Å². The SMILES string of the molecule is COc1ccc(C(=O)NC2CC2)cc1OC1CCN(CC2CC2)CC1. The number of nitrogens with zero attached hydrogens (tertiary/aromatic N) is 1. The van der Waals surface area contributed by atoms with E-state index >= 15 is 0 Å². The lowest BCUT2D eigenvalue weighted by molar-refractivity contribution is 0.0929. The zero-order valence-electron chi connectivity index (χ0n) is 15.0. The summed E-state index contributed by atoms with van der Waals surface area (Å²) in [5, 5.41) is 3.03. The van der Waals surface area contributed by atoms with Gasteiger partial charge in [0.15, 0.2) is 11.5 Å². The van der Waals surface area contributed by atoms with Gasteiger partial charge >= 0.3 is 0 Å². The van der Waals surface area contributed by atoms with E-state index in [1.54, 1.807) is 7.11 Å². The topological polar surface area (TPSA) is 50.8 Å². The van der Waals surface area contributed by atoms with Gasteiger partial charge in [0.2, 0.25) is 0 Å². The van der Waals surface area contributed by atoms with Crippen LogP contribution in [0.15, 0.2) is 18.2 Å². The maximum Gasteiger partial charge on any atom is 0.251 e. The van der Waals surface area contributed by atoms with Crippen LogP contribution < -0.4 is 14.8 Å². The number of piperidine rings is 1. The molecule has 3 aliphatic rings. The zero-order valence-corrected chi connectivity index (χ0v) is 15.0. The summed E-state index contributed by atoms with van der Waals surface area (Å²) >= 11 is 0. The molecule has 1 aromatic carbocycles. The summed E-state index contributed by atoms with van der Waals surface area (Å²) in [5.41, 5.74) is 0.647. The van der Waals surface area contributed by atoms with Crippen molar-refractivity contribution in [2.24, 2.45) is 5.92 Å². The normalized spacial score (nSPS) is 21.8. The molecule has 136 valence electrons. The third-order valence-corrected chi connectivity index (χ3v) is 5.38. The summed E-state index contributed by atoms with van der Waals surface area (Å²) in [5.74, 6) is 2.31. The van der Waals surface area contributed by atoms with Gasteiger partial charge < -0.3 is 19.7 Å². The average Bonchev–Trinajstić information content (AvgIpc) is 3.53. The first-order valence-electron chi connectivity index (χ1n) is 9.59. The molecule has 1 aliphatic heterocycles. The number of hydrogen-bond acceptors (Lipinski definition) is 4.